The number of aromatic nitrogens is 1. The predicted molar refractivity (Wildman–Crippen MR) is 137 cm³/mol. The Labute approximate surface area is 211 Å². The van der Waals surface area contributed by atoms with Gasteiger partial charge in [-0.25, -0.2) is 4.79 Å². The third-order valence-electron chi connectivity index (χ3n) is 5.79. The number of carbonyl (C=O) groups excluding carboxylic acids is 2. The van der Waals surface area contributed by atoms with Crippen LogP contribution in [0.2, 0.25) is 0 Å². The number of amides is 1. The first-order chi connectivity index (χ1) is 17.5. The summed E-state index contributed by atoms with van der Waals surface area (Å²) >= 11 is 1.09. The maximum absolute atomic E-state index is 13.6. The number of thiazole rings is 1. The molecule has 0 aliphatic carbocycles. The van der Waals surface area contributed by atoms with E-state index in [0.717, 1.165) is 24.2 Å². The highest BCUT2D eigenvalue weighted by molar-refractivity contribution is 7.07. The van der Waals surface area contributed by atoms with Crippen LogP contribution in [0.25, 0.3) is 17.3 Å². The number of benzene rings is 2. The highest BCUT2D eigenvalue weighted by atomic mass is 32.1. The molecule has 184 valence electrons. The Morgan fingerprint density at radius 2 is 1.75 bits per heavy atom. The van der Waals surface area contributed by atoms with Crippen LogP contribution < -0.4 is 19.5 Å². The SMILES string of the molecule is CCOc1ccc(-n2c(=O)/c(=C\c3ccc(C(=O)OC)cc3)s/c2=C(/C#N)C(=O)N2CCCC2)cc1. The lowest BCUT2D eigenvalue weighted by Gasteiger charge is -2.14. The molecule has 4 rings (SSSR count). The van der Waals surface area contributed by atoms with E-state index >= 15 is 0 Å². The second kappa shape index (κ2) is 11.1. The van der Waals surface area contributed by atoms with Gasteiger partial charge in [0.15, 0.2) is 5.57 Å². The molecule has 0 unspecified atom stereocenters. The first-order valence-electron chi connectivity index (χ1n) is 11.6. The normalized spacial score (nSPS) is 14.4. The molecule has 0 radical (unpaired) electrons. The van der Waals surface area contributed by atoms with Crippen LogP contribution in [-0.2, 0) is 9.53 Å². The van der Waals surface area contributed by atoms with Crippen molar-refractivity contribution >= 4 is 34.9 Å². The monoisotopic (exact) mass is 503 g/mol. The molecule has 36 heavy (non-hydrogen) atoms. The number of hydrogen-bond acceptors (Lipinski definition) is 7. The van der Waals surface area contributed by atoms with Gasteiger partial charge in [-0.05, 0) is 67.8 Å². The molecule has 3 aromatic rings. The molecule has 8 nitrogen and oxygen atoms in total. The van der Waals surface area contributed by atoms with Gasteiger partial charge in [-0.1, -0.05) is 12.1 Å². The number of ether oxygens (including phenoxy) is 2. The zero-order valence-electron chi connectivity index (χ0n) is 20.0. The summed E-state index contributed by atoms with van der Waals surface area (Å²) in [4.78, 5) is 40.2. The van der Waals surface area contributed by atoms with Gasteiger partial charge in [-0.15, -0.1) is 11.3 Å². The standard InChI is InChI=1S/C27H25N3O5S/c1-3-35-21-12-10-20(11-13-21)30-25(32)23(16-18-6-8-19(9-7-18)27(33)34-2)36-26(30)22(17-28)24(31)29-14-4-5-15-29/h6-13,16H,3-5,14-15H2,1-2H3/b23-16+,26-22-. The minimum Gasteiger partial charge on any atom is -0.494 e. The number of methoxy groups -OCH3 is 1. The van der Waals surface area contributed by atoms with Gasteiger partial charge in [0.25, 0.3) is 11.5 Å². The molecule has 2 heterocycles. The number of carbonyl (C=O) groups is 2. The second-order valence-electron chi connectivity index (χ2n) is 8.08. The van der Waals surface area contributed by atoms with Crippen molar-refractivity contribution in [3.8, 4) is 17.5 Å². The van der Waals surface area contributed by atoms with E-state index in [2.05, 4.69) is 6.07 Å². The van der Waals surface area contributed by atoms with Crippen molar-refractivity contribution in [2.24, 2.45) is 0 Å². The van der Waals surface area contributed by atoms with Crippen LogP contribution in [-0.4, -0.2) is 48.1 Å². The lowest BCUT2D eigenvalue weighted by molar-refractivity contribution is -0.123. The van der Waals surface area contributed by atoms with Crippen molar-refractivity contribution in [2.45, 2.75) is 19.8 Å². The third kappa shape index (κ3) is 5.09. The van der Waals surface area contributed by atoms with E-state index < -0.39 is 5.97 Å². The largest absolute Gasteiger partial charge is 0.494 e. The predicted octanol–water partition coefficient (Wildman–Crippen LogP) is 2.21. The first-order valence-corrected chi connectivity index (χ1v) is 12.4. The molecule has 0 atom stereocenters. The molecular weight excluding hydrogens is 478 g/mol. The number of likely N-dealkylation sites (tertiary alicyclic amines) is 1. The first kappa shape index (κ1) is 24.9. The second-order valence-corrected chi connectivity index (χ2v) is 9.11. The number of rotatable bonds is 6. The molecular formula is C27H25N3O5S. The van der Waals surface area contributed by atoms with Crippen LogP contribution >= 0.6 is 11.3 Å². The van der Waals surface area contributed by atoms with E-state index in [4.69, 9.17) is 9.47 Å². The zero-order valence-corrected chi connectivity index (χ0v) is 20.8. The maximum Gasteiger partial charge on any atom is 0.337 e. The highest BCUT2D eigenvalue weighted by Crippen LogP contribution is 2.15. The van der Waals surface area contributed by atoms with Crippen molar-refractivity contribution < 1.29 is 19.1 Å². The van der Waals surface area contributed by atoms with Crippen LogP contribution in [0.5, 0.6) is 5.75 Å². The van der Waals surface area contributed by atoms with Crippen LogP contribution in [0, 0.1) is 11.3 Å². The fourth-order valence-corrected chi connectivity index (χ4v) is 5.09. The lowest BCUT2D eigenvalue weighted by Crippen LogP contribution is -2.35. The van der Waals surface area contributed by atoms with Gasteiger partial charge in [-0.2, -0.15) is 5.26 Å². The number of nitriles is 1. The van der Waals surface area contributed by atoms with E-state index in [1.54, 1.807) is 59.5 Å². The fraction of sp³-hybridized carbons (Fsp3) is 0.259. The minimum atomic E-state index is -0.452. The van der Waals surface area contributed by atoms with Crippen LogP contribution in [0.3, 0.4) is 0 Å². The van der Waals surface area contributed by atoms with Gasteiger partial charge < -0.3 is 14.4 Å². The minimum absolute atomic E-state index is 0.0615. The van der Waals surface area contributed by atoms with Gasteiger partial charge in [0.1, 0.15) is 16.5 Å². The van der Waals surface area contributed by atoms with Gasteiger partial charge in [0.05, 0.1) is 29.5 Å². The smallest absolute Gasteiger partial charge is 0.337 e. The van der Waals surface area contributed by atoms with Crippen molar-refractivity contribution in [1.82, 2.24) is 9.47 Å². The maximum atomic E-state index is 13.6. The van der Waals surface area contributed by atoms with Crippen LogP contribution in [0.1, 0.15) is 35.7 Å². The molecule has 1 aromatic heterocycles. The molecule has 0 spiro atoms. The van der Waals surface area contributed by atoms with Crippen LogP contribution in [0.4, 0.5) is 0 Å². The average Bonchev–Trinajstić information content (AvgIpc) is 3.54. The molecule has 1 fully saturated rings. The van der Waals surface area contributed by atoms with Crippen molar-refractivity contribution in [2.75, 3.05) is 26.8 Å². The number of nitrogens with zero attached hydrogens (tertiary/aromatic N) is 3. The van der Waals surface area contributed by atoms with E-state index in [-0.39, 0.29) is 21.7 Å². The summed E-state index contributed by atoms with van der Waals surface area (Å²) in [5, 5.41) is 9.97. The van der Waals surface area contributed by atoms with E-state index in [9.17, 15) is 19.6 Å². The van der Waals surface area contributed by atoms with Gasteiger partial charge in [0.2, 0.25) is 0 Å². The molecule has 2 aromatic carbocycles. The molecule has 0 saturated carbocycles. The lowest BCUT2D eigenvalue weighted by atomic mass is 10.1. The Morgan fingerprint density at radius 3 is 2.33 bits per heavy atom. The third-order valence-corrected chi connectivity index (χ3v) is 6.88. The number of hydrogen-bond donors (Lipinski definition) is 0. The Bertz CT molecular complexity index is 1490. The Balaban J connectivity index is 1.91. The highest BCUT2D eigenvalue weighted by Gasteiger charge is 2.24. The molecule has 0 bridgehead atoms. The summed E-state index contributed by atoms with van der Waals surface area (Å²) in [6.45, 7) is 3.57. The topological polar surface area (TPSA) is 102 Å². The Hall–Kier alpha value is -4.16. The Morgan fingerprint density at radius 1 is 1.08 bits per heavy atom. The number of esters is 1. The summed E-state index contributed by atoms with van der Waals surface area (Å²) in [7, 11) is 1.31. The molecule has 1 saturated heterocycles. The summed E-state index contributed by atoms with van der Waals surface area (Å²) in [5.74, 6) is -0.169. The molecule has 0 N–H and O–H groups in total. The van der Waals surface area contributed by atoms with E-state index in [1.807, 2.05) is 6.92 Å². The molecule has 1 aliphatic rings. The summed E-state index contributed by atoms with van der Waals surface area (Å²) < 4.78 is 12.3. The summed E-state index contributed by atoms with van der Waals surface area (Å²) in [6, 6.07) is 15.6. The molecule has 9 heteroatoms. The van der Waals surface area contributed by atoms with Gasteiger partial charge in [0, 0.05) is 13.1 Å². The average molecular weight is 504 g/mol. The quantitative estimate of drug-likeness (QED) is 0.478. The fourth-order valence-electron chi connectivity index (χ4n) is 3.99. The van der Waals surface area contributed by atoms with Crippen molar-refractivity contribution in [3.63, 3.8) is 0 Å². The van der Waals surface area contributed by atoms with Crippen molar-refractivity contribution in [1.29, 1.82) is 5.26 Å². The molecule has 1 amide bonds. The van der Waals surface area contributed by atoms with Gasteiger partial charge >= 0.3 is 5.97 Å². The zero-order chi connectivity index (χ0) is 25.7. The van der Waals surface area contributed by atoms with E-state index in [1.165, 1.54) is 11.7 Å². The van der Waals surface area contributed by atoms with Gasteiger partial charge in [-0.3, -0.25) is 14.2 Å². The summed E-state index contributed by atoms with van der Waals surface area (Å²) in [5.41, 5.74) is 1.20. The van der Waals surface area contributed by atoms with E-state index in [0.29, 0.717) is 46.8 Å². The Kier molecular flexibility index (Phi) is 7.66. The molecule has 1 aliphatic heterocycles. The van der Waals surface area contributed by atoms with Crippen LogP contribution in [0.15, 0.2) is 53.3 Å². The summed E-state index contributed by atoms with van der Waals surface area (Å²) in [6.07, 6.45) is 3.46. The van der Waals surface area contributed by atoms with Crippen molar-refractivity contribution in [3.05, 3.63) is 79.2 Å².